The predicted molar refractivity (Wildman–Crippen MR) is 88.3 cm³/mol. The molecule has 2 atom stereocenters. The van der Waals surface area contributed by atoms with Crippen LogP contribution in [0.15, 0.2) is 35.8 Å². The molecule has 6 heteroatoms. The fourth-order valence-electron chi connectivity index (χ4n) is 1.88. The van der Waals surface area contributed by atoms with Crippen molar-refractivity contribution in [3.63, 3.8) is 0 Å². The SMILES string of the molecule is Cc1ccc(O[C@@H](C)CNC(=O)N[C@@H](C)c2nccs2)cc1. The van der Waals surface area contributed by atoms with Crippen LogP contribution in [0.1, 0.15) is 30.5 Å². The molecule has 22 heavy (non-hydrogen) atoms. The second-order valence-corrected chi connectivity index (χ2v) is 6.11. The first-order valence-electron chi connectivity index (χ1n) is 7.21. The minimum absolute atomic E-state index is 0.103. The number of nitrogens with one attached hydrogen (secondary N) is 2. The van der Waals surface area contributed by atoms with E-state index in [1.54, 1.807) is 6.20 Å². The van der Waals surface area contributed by atoms with Gasteiger partial charge in [0, 0.05) is 11.6 Å². The summed E-state index contributed by atoms with van der Waals surface area (Å²) >= 11 is 1.52. The monoisotopic (exact) mass is 319 g/mol. The Morgan fingerprint density at radius 2 is 2.05 bits per heavy atom. The zero-order valence-corrected chi connectivity index (χ0v) is 13.8. The molecule has 0 saturated heterocycles. The highest BCUT2D eigenvalue weighted by Crippen LogP contribution is 2.14. The van der Waals surface area contributed by atoms with Crippen molar-refractivity contribution in [3.05, 3.63) is 46.4 Å². The van der Waals surface area contributed by atoms with E-state index in [1.165, 1.54) is 16.9 Å². The molecule has 0 saturated carbocycles. The number of carbonyl (C=O) groups is 1. The Balaban J connectivity index is 1.72. The number of rotatable bonds is 6. The van der Waals surface area contributed by atoms with E-state index in [0.29, 0.717) is 6.54 Å². The zero-order chi connectivity index (χ0) is 15.9. The van der Waals surface area contributed by atoms with Gasteiger partial charge in [0.2, 0.25) is 0 Å². The van der Waals surface area contributed by atoms with E-state index in [1.807, 2.05) is 50.4 Å². The molecule has 0 unspecified atom stereocenters. The maximum absolute atomic E-state index is 11.8. The number of carbonyl (C=O) groups excluding carboxylic acids is 1. The van der Waals surface area contributed by atoms with Crippen molar-refractivity contribution in [3.8, 4) is 5.75 Å². The van der Waals surface area contributed by atoms with Gasteiger partial charge in [-0.3, -0.25) is 0 Å². The molecule has 0 aliphatic carbocycles. The fraction of sp³-hybridized carbons (Fsp3) is 0.375. The first kappa shape index (κ1) is 16.3. The highest BCUT2D eigenvalue weighted by Gasteiger charge is 2.12. The first-order chi connectivity index (χ1) is 10.5. The van der Waals surface area contributed by atoms with Gasteiger partial charge in [0.05, 0.1) is 12.6 Å². The van der Waals surface area contributed by atoms with Crippen molar-refractivity contribution in [2.45, 2.75) is 32.9 Å². The van der Waals surface area contributed by atoms with Gasteiger partial charge in [0.15, 0.2) is 0 Å². The lowest BCUT2D eigenvalue weighted by molar-refractivity contribution is 0.206. The molecule has 0 bridgehead atoms. The van der Waals surface area contributed by atoms with E-state index in [-0.39, 0.29) is 18.2 Å². The third-order valence-electron chi connectivity index (χ3n) is 3.08. The van der Waals surface area contributed by atoms with Gasteiger partial charge in [-0.25, -0.2) is 9.78 Å². The van der Waals surface area contributed by atoms with Crippen LogP contribution in [0.5, 0.6) is 5.75 Å². The summed E-state index contributed by atoms with van der Waals surface area (Å²) in [7, 11) is 0. The van der Waals surface area contributed by atoms with Gasteiger partial charge < -0.3 is 15.4 Å². The molecule has 1 heterocycles. The highest BCUT2D eigenvalue weighted by molar-refractivity contribution is 7.09. The van der Waals surface area contributed by atoms with Crippen LogP contribution in [-0.2, 0) is 0 Å². The Labute approximate surface area is 134 Å². The van der Waals surface area contributed by atoms with Crippen LogP contribution >= 0.6 is 11.3 Å². The average Bonchev–Trinajstić information content (AvgIpc) is 3.02. The number of ether oxygens (including phenoxy) is 1. The van der Waals surface area contributed by atoms with Gasteiger partial charge >= 0.3 is 6.03 Å². The molecule has 5 nitrogen and oxygen atoms in total. The summed E-state index contributed by atoms with van der Waals surface area (Å²) in [6.07, 6.45) is 1.62. The maximum atomic E-state index is 11.8. The molecule has 0 aliphatic rings. The van der Waals surface area contributed by atoms with Crippen LogP contribution in [0, 0.1) is 6.92 Å². The van der Waals surface area contributed by atoms with E-state index in [0.717, 1.165) is 10.8 Å². The number of hydrogen-bond donors (Lipinski definition) is 2. The van der Waals surface area contributed by atoms with Crippen molar-refractivity contribution in [2.24, 2.45) is 0 Å². The number of nitrogens with zero attached hydrogens (tertiary/aromatic N) is 1. The lowest BCUT2D eigenvalue weighted by Crippen LogP contribution is -2.41. The lowest BCUT2D eigenvalue weighted by Gasteiger charge is -2.17. The summed E-state index contributed by atoms with van der Waals surface area (Å²) in [5.74, 6) is 0.802. The summed E-state index contributed by atoms with van der Waals surface area (Å²) in [6, 6.07) is 7.53. The molecule has 2 N–H and O–H groups in total. The van der Waals surface area contributed by atoms with Crippen LogP contribution in [0.3, 0.4) is 0 Å². The number of aromatic nitrogens is 1. The third kappa shape index (κ3) is 5.04. The van der Waals surface area contributed by atoms with Crippen LogP contribution in [0.4, 0.5) is 4.79 Å². The van der Waals surface area contributed by atoms with E-state index >= 15 is 0 Å². The Morgan fingerprint density at radius 1 is 1.32 bits per heavy atom. The second-order valence-electron chi connectivity index (χ2n) is 5.19. The molecule has 2 amide bonds. The molecular formula is C16H21N3O2S. The summed E-state index contributed by atoms with van der Waals surface area (Å²) in [6.45, 7) is 6.29. The van der Waals surface area contributed by atoms with Gasteiger partial charge in [-0.15, -0.1) is 11.3 Å². The number of urea groups is 1. The molecule has 1 aromatic carbocycles. The second kappa shape index (κ2) is 7.79. The molecule has 2 aromatic rings. The van der Waals surface area contributed by atoms with Crippen molar-refractivity contribution < 1.29 is 9.53 Å². The van der Waals surface area contributed by atoms with E-state index in [9.17, 15) is 4.79 Å². The van der Waals surface area contributed by atoms with Crippen LogP contribution in [-0.4, -0.2) is 23.7 Å². The van der Waals surface area contributed by atoms with Crippen molar-refractivity contribution in [1.29, 1.82) is 0 Å². The minimum Gasteiger partial charge on any atom is -0.489 e. The Hall–Kier alpha value is -2.08. The van der Waals surface area contributed by atoms with Gasteiger partial charge in [-0.2, -0.15) is 0 Å². The fourth-order valence-corrected chi connectivity index (χ4v) is 2.53. The summed E-state index contributed by atoms with van der Waals surface area (Å²) in [5, 5.41) is 8.44. The number of aryl methyl sites for hydroxylation is 1. The highest BCUT2D eigenvalue weighted by atomic mass is 32.1. The van der Waals surface area contributed by atoms with Crippen LogP contribution < -0.4 is 15.4 Å². The summed E-state index contributed by atoms with van der Waals surface area (Å²) in [5.41, 5.74) is 1.19. The van der Waals surface area contributed by atoms with E-state index in [4.69, 9.17) is 4.74 Å². The van der Waals surface area contributed by atoms with Crippen LogP contribution in [0.2, 0.25) is 0 Å². The standard InChI is InChI=1S/C16H21N3O2S/c1-11-4-6-14(7-5-11)21-12(2)10-18-16(20)19-13(3)15-17-8-9-22-15/h4-9,12-13H,10H2,1-3H3,(H2,18,19,20)/t12-,13-/m0/s1. The van der Waals surface area contributed by atoms with Crippen molar-refractivity contribution in [1.82, 2.24) is 15.6 Å². The molecule has 0 radical (unpaired) electrons. The molecule has 2 rings (SSSR count). The third-order valence-corrected chi connectivity index (χ3v) is 4.04. The largest absolute Gasteiger partial charge is 0.489 e. The van der Waals surface area contributed by atoms with Gasteiger partial charge in [0.1, 0.15) is 16.9 Å². The minimum atomic E-state index is -0.220. The summed E-state index contributed by atoms with van der Waals surface area (Å²) < 4.78 is 5.74. The number of hydrogen-bond acceptors (Lipinski definition) is 4. The van der Waals surface area contributed by atoms with E-state index in [2.05, 4.69) is 15.6 Å². The lowest BCUT2D eigenvalue weighted by atomic mass is 10.2. The number of thiazole rings is 1. The Kier molecular flexibility index (Phi) is 5.77. The molecule has 0 spiro atoms. The predicted octanol–water partition coefficient (Wildman–Crippen LogP) is 3.28. The zero-order valence-electron chi connectivity index (χ0n) is 13.0. The first-order valence-corrected chi connectivity index (χ1v) is 8.09. The average molecular weight is 319 g/mol. The number of benzene rings is 1. The number of amides is 2. The van der Waals surface area contributed by atoms with Gasteiger partial charge in [-0.05, 0) is 32.9 Å². The van der Waals surface area contributed by atoms with Gasteiger partial charge in [0.25, 0.3) is 0 Å². The molecule has 118 valence electrons. The topological polar surface area (TPSA) is 63.2 Å². The normalized spacial score (nSPS) is 13.2. The Morgan fingerprint density at radius 3 is 2.68 bits per heavy atom. The van der Waals surface area contributed by atoms with Crippen molar-refractivity contribution in [2.75, 3.05) is 6.54 Å². The quantitative estimate of drug-likeness (QED) is 0.859. The van der Waals surface area contributed by atoms with Gasteiger partial charge in [-0.1, -0.05) is 17.7 Å². The van der Waals surface area contributed by atoms with Crippen LogP contribution in [0.25, 0.3) is 0 Å². The smallest absolute Gasteiger partial charge is 0.315 e. The molecule has 0 fully saturated rings. The van der Waals surface area contributed by atoms with Crippen molar-refractivity contribution >= 4 is 17.4 Å². The molecular weight excluding hydrogens is 298 g/mol. The molecule has 1 aromatic heterocycles. The summed E-state index contributed by atoms with van der Waals surface area (Å²) in [4.78, 5) is 16.0. The van der Waals surface area contributed by atoms with E-state index < -0.39 is 0 Å². The maximum Gasteiger partial charge on any atom is 0.315 e. The Bertz CT molecular complexity index is 584. The molecule has 0 aliphatic heterocycles.